The SMILES string of the molecule is c1ccc([Si](c2ccccc2)(c2ccccc2)c2ccc3c(c2)c2ccccc2n3-c2cccc3c2Oc2cccc4c2B3c2cccc(-n3c5ccccc5c5cc([Si](c6ccccc6)(c6ccccc6)c6ccccc6)ccc53)c2O4)cc1. The summed E-state index contributed by atoms with van der Waals surface area (Å²) in [7, 11) is -5.67. The summed E-state index contributed by atoms with van der Waals surface area (Å²) < 4.78 is 19.5. The lowest BCUT2D eigenvalue weighted by Crippen LogP contribution is -2.74. The predicted octanol–water partition coefficient (Wildman–Crippen LogP) is 11.4. The average molecular weight is 1120 g/mol. The van der Waals surface area contributed by atoms with Gasteiger partial charge in [0.2, 0.25) is 0 Å². The molecular formula is C78H53BN2O2Si2. The minimum atomic E-state index is -2.84. The highest BCUT2D eigenvalue weighted by atomic mass is 28.3. The van der Waals surface area contributed by atoms with E-state index in [-0.39, 0.29) is 6.71 Å². The van der Waals surface area contributed by atoms with Gasteiger partial charge in [-0.15, -0.1) is 0 Å². The lowest BCUT2D eigenvalue weighted by molar-refractivity contribution is 0.462. The number of hydrogen-bond donors (Lipinski definition) is 0. The first-order valence-electron chi connectivity index (χ1n) is 29.4. The Morgan fingerprint density at radius 3 is 0.906 bits per heavy atom. The van der Waals surface area contributed by atoms with Gasteiger partial charge in [-0.2, -0.15) is 0 Å². The molecule has 0 atom stereocenters. The molecule has 0 fully saturated rings. The van der Waals surface area contributed by atoms with E-state index in [1.54, 1.807) is 0 Å². The summed E-state index contributed by atoms with van der Waals surface area (Å²) in [4.78, 5) is 0. The van der Waals surface area contributed by atoms with Crippen LogP contribution < -0.4 is 67.4 Å². The molecule has 0 bridgehead atoms. The number of aromatic nitrogens is 2. The summed E-state index contributed by atoms with van der Waals surface area (Å²) >= 11 is 0. The van der Waals surface area contributed by atoms with E-state index in [2.05, 4.69) is 331 Å². The van der Waals surface area contributed by atoms with Gasteiger partial charge >= 0.3 is 0 Å². The second-order valence-electron chi connectivity index (χ2n) is 22.6. The first kappa shape index (κ1) is 49.2. The molecule has 4 nitrogen and oxygen atoms in total. The molecule has 0 saturated carbocycles. The Hall–Kier alpha value is -10.4. The fraction of sp³-hybridized carbons (Fsp3) is 0. The van der Waals surface area contributed by atoms with Crippen LogP contribution in [0.3, 0.4) is 0 Å². The molecule has 0 unspecified atom stereocenters. The molecule has 2 aliphatic heterocycles. The lowest BCUT2D eigenvalue weighted by Gasteiger charge is -2.35. The minimum absolute atomic E-state index is 0.179. The monoisotopic (exact) mass is 1120 g/mol. The molecule has 2 aliphatic rings. The lowest BCUT2D eigenvalue weighted by atomic mass is 9.34. The molecule has 13 aromatic carbocycles. The molecule has 7 heteroatoms. The van der Waals surface area contributed by atoms with Crippen molar-refractivity contribution in [2.24, 2.45) is 0 Å². The summed E-state index contributed by atoms with van der Waals surface area (Å²) in [6.07, 6.45) is 0. The molecule has 0 saturated heterocycles. The van der Waals surface area contributed by atoms with Crippen LogP contribution in [0.5, 0.6) is 23.0 Å². The van der Waals surface area contributed by atoms with E-state index in [4.69, 9.17) is 9.47 Å². The molecule has 2 aromatic heterocycles. The van der Waals surface area contributed by atoms with Crippen LogP contribution in [0.4, 0.5) is 0 Å². The topological polar surface area (TPSA) is 28.3 Å². The first-order chi connectivity index (χ1) is 42.2. The quantitative estimate of drug-likeness (QED) is 0.101. The van der Waals surface area contributed by atoms with Gasteiger partial charge in [-0.1, -0.05) is 273 Å². The van der Waals surface area contributed by atoms with Gasteiger partial charge in [-0.3, -0.25) is 0 Å². The maximum absolute atomic E-state index is 7.30. The maximum atomic E-state index is 7.30. The Morgan fingerprint density at radius 1 is 0.247 bits per heavy atom. The van der Waals surface area contributed by atoms with Crippen LogP contribution in [0.1, 0.15) is 0 Å². The second kappa shape index (κ2) is 19.6. The number of ether oxygens (including phenoxy) is 2. The fourth-order valence-electron chi connectivity index (χ4n) is 14.9. The zero-order chi connectivity index (χ0) is 56.1. The van der Waals surface area contributed by atoms with E-state index >= 15 is 0 Å². The van der Waals surface area contributed by atoms with Crippen molar-refractivity contribution in [2.75, 3.05) is 0 Å². The fourth-order valence-corrected chi connectivity index (χ4v) is 24.4. The highest BCUT2D eigenvalue weighted by Gasteiger charge is 2.45. The van der Waals surface area contributed by atoms with Crippen LogP contribution in [-0.2, 0) is 0 Å². The molecule has 15 aromatic rings. The standard InChI is InChI=1S/C78H53BN2O2Si2/c1-7-26-54(27-8-1)84(55-28-9-2-10-29-55,56-30-11-3-12-31-56)60-48-50-70-64(52-60)62-38-19-21-42-68(62)80(70)72-44-23-40-66-77(72)82-74-46-25-47-75-76(74)79(66)67-41-24-45-73(78(67)83-75)81-69-43-22-20-39-63(69)65-53-61(49-51-71(65)81)85(57-32-13-4-14-33-57,58-34-15-5-16-35-58)59-36-17-6-18-37-59/h1-53H. The van der Waals surface area contributed by atoms with Gasteiger partial charge < -0.3 is 18.6 Å². The largest absolute Gasteiger partial charge is 0.456 e. The van der Waals surface area contributed by atoms with Gasteiger partial charge in [0.05, 0.1) is 33.4 Å². The van der Waals surface area contributed by atoms with E-state index in [9.17, 15) is 0 Å². The maximum Gasteiger partial charge on any atom is 0.260 e. The summed E-state index contributed by atoms with van der Waals surface area (Å²) in [5.41, 5.74) is 9.72. The molecule has 0 amide bonds. The summed E-state index contributed by atoms with van der Waals surface area (Å²) in [6, 6.07) is 119. The van der Waals surface area contributed by atoms with Crippen LogP contribution in [-0.4, -0.2) is 32.0 Å². The summed E-state index contributed by atoms with van der Waals surface area (Å²) in [5.74, 6) is 3.29. The molecule has 0 radical (unpaired) electrons. The van der Waals surface area contributed by atoms with Gasteiger partial charge in [0.1, 0.15) is 23.0 Å². The Bertz CT molecular complexity index is 4560. The highest BCUT2D eigenvalue weighted by molar-refractivity contribution is 7.20. The number of para-hydroxylation sites is 4. The van der Waals surface area contributed by atoms with E-state index in [1.807, 2.05) is 0 Å². The third kappa shape index (κ3) is 7.27. The molecule has 17 rings (SSSR count). The first-order valence-corrected chi connectivity index (χ1v) is 33.4. The average Bonchev–Trinajstić information content (AvgIpc) is 2.79. The molecule has 398 valence electrons. The number of nitrogens with zero attached hydrogens (tertiary/aromatic N) is 2. The summed E-state index contributed by atoms with van der Waals surface area (Å²) in [6.45, 7) is -0.179. The Kier molecular flexibility index (Phi) is 11.3. The second-order valence-corrected chi connectivity index (χ2v) is 30.2. The molecular weight excluding hydrogens is 1060 g/mol. The van der Waals surface area contributed by atoms with Crippen molar-refractivity contribution in [1.29, 1.82) is 0 Å². The van der Waals surface area contributed by atoms with Crippen LogP contribution >= 0.6 is 0 Å². The van der Waals surface area contributed by atoms with Gasteiger partial charge in [0.25, 0.3) is 6.71 Å². The van der Waals surface area contributed by atoms with Crippen molar-refractivity contribution >= 4 is 124 Å². The van der Waals surface area contributed by atoms with Crippen molar-refractivity contribution in [2.45, 2.75) is 0 Å². The summed E-state index contributed by atoms with van der Waals surface area (Å²) in [5, 5.41) is 15.5. The van der Waals surface area contributed by atoms with Gasteiger partial charge in [-0.25, -0.2) is 0 Å². The minimum Gasteiger partial charge on any atom is -0.456 e. The molecule has 0 N–H and O–H groups in total. The number of benzene rings is 13. The van der Waals surface area contributed by atoms with E-state index in [0.717, 1.165) is 72.8 Å². The number of hydrogen-bond acceptors (Lipinski definition) is 2. The van der Waals surface area contributed by atoms with Crippen LogP contribution in [0, 0.1) is 0 Å². The van der Waals surface area contributed by atoms with E-state index < -0.39 is 16.1 Å². The van der Waals surface area contributed by atoms with Gasteiger partial charge in [0.15, 0.2) is 16.1 Å². The van der Waals surface area contributed by atoms with E-state index in [0.29, 0.717) is 0 Å². The third-order valence-electron chi connectivity index (χ3n) is 18.3. The number of rotatable bonds is 10. The van der Waals surface area contributed by atoms with Crippen molar-refractivity contribution < 1.29 is 9.47 Å². The van der Waals surface area contributed by atoms with Crippen molar-refractivity contribution in [3.05, 3.63) is 322 Å². The Labute approximate surface area is 495 Å². The van der Waals surface area contributed by atoms with Crippen LogP contribution in [0.15, 0.2) is 322 Å². The third-order valence-corrected chi connectivity index (χ3v) is 27.9. The molecule has 0 spiro atoms. The van der Waals surface area contributed by atoms with Gasteiger partial charge in [0, 0.05) is 27.0 Å². The molecule has 0 aliphatic carbocycles. The van der Waals surface area contributed by atoms with Gasteiger partial charge in [-0.05, 0) is 101 Å². The predicted molar refractivity (Wildman–Crippen MR) is 360 cm³/mol. The zero-order valence-electron chi connectivity index (χ0n) is 46.4. The zero-order valence-corrected chi connectivity index (χ0v) is 48.4. The van der Waals surface area contributed by atoms with Crippen molar-refractivity contribution in [3.8, 4) is 34.4 Å². The van der Waals surface area contributed by atoms with Crippen molar-refractivity contribution in [1.82, 2.24) is 9.13 Å². The molecule has 85 heavy (non-hydrogen) atoms. The Morgan fingerprint density at radius 2 is 0.553 bits per heavy atom. The van der Waals surface area contributed by atoms with Crippen LogP contribution in [0.25, 0.3) is 55.0 Å². The normalized spacial score (nSPS) is 12.6. The van der Waals surface area contributed by atoms with E-state index in [1.165, 1.54) is 63.0 Å². The van der Waals surface area contributed by atoms with Crippen LogP contribution in [0.2, 0.25) is 0 Å². The highest BCUT2D eigenvalue weighted by Crippen LogP contribution is 2.43. The van der Waals surface area contributed by atoms with Crippen molar-refractivity contribution in [3.63, 3.8) is 0 Å². The number of fused-ring (bicyclic) bond motifs is 10. The Balaban J connectivity index is 0.849. The smallest absolute Gasteiger partial charge is 0.260 e. The molecule has 4 heterocycles.